The van der Waals surface area contributed by atoms with Crippen LogP contribution < -0.4 is 14.2 Å². The lowest BCUT2D eigenvalue weighted by Crippen LogP contribution is -2.07. The van der Waals surface area contributed by atoms with Gasteiger partial charge in [0.25, 0.3) is 5.75 Å². The van der Waals surface area contributed by atoms with Crippen LogP contribution in [0.1, 0.15) is 0 Å². The second kappa shape index (κ2) is 12.2. The van der Waals surface area contributed by atoms with E-state index in [4.69, 9.17) is 37.4 Å². The van der Waals surface area contributed by atoms with Crippen molar-refractivity contribution in [2.24, 2.45) is 0 Å². The molecule has 2 N–H and O–H groups in total. The van der Waals surface area contributed by atoms with Gasteiger partial charge in [-0.05, 0) is 36.4 Å². The van der Waals surface area contributed by atoms with Gasteiger partial charge in [0.2, 0.25) is 46.3 Å². The van der Waals surface area contributed by atoms with Gasteiger partial charge < -0.3 is 19.7 Å². The van der Waals surface area contributed by atoms with Crippen LogP contribution in [0, 0.1) is 49.3 Å². The first kappa shape index (κ1) is 30.8. The number of benzene rings is 4. The molecule has 0 amide bonds. The van der Waals surface area contributed by atoms with Crippen molar-refractivity contribution in [2.45, 2.75) is 0 Å². The zero-order valence-corrected chi connectivity index (χ0v) is 21.1. The van der Waals surface area contributed by atoms with Crippen molar-refractivity contribution < 1.29 is 51.5 Å². The highest BCUT2D eigenvalue weighted by molar-refractivity contribution is 6.32. The smallest absolute Gasteiger partial charge is 0.361 e. The number of halogens is 7. The fourth-order valence-electron chi connectivity index (χ4n) is 3.24. The maximum atomic E-state index is 14.4. The predicted molar refractivity (Wildman–Crippen MR) is 133 cm³/mol. The van der Waals surface area contributed by atoms with Crippen molar-refractivity contribution in [1.29, 1.82) is 0 Å². The lowest BCUT2D eigenvalue weighted by molar-refractivity contribution is -0.396. The first-order chi connectivity index (χ1) is 18.9. The summed E-state index contributed by atoms with van der Waals surface area (Å²) < 4.78 is 85.6. The van der Waals surface area contributed by atoms with E-state index in [-0.39, 0.29) is 27.0 Å². The van der Waals surface area contributed by atoms with Crippen molar-refractivity contribution >= 4 is 34.6 Å². The molecule has 4 aromatic rings. The quantitative estimate of drug-likeness (QED) is 0.0636. The summed E-state index contributed by atoms with van der Waals surface area (Å²) in [5, 5.41) is 24.3. The van der Waals surface area contributed by atoms with Crippen molar-refractivity contribution in [3.63, 3.8) is 0 Å². The molecule has 4 aromatic carbocycles. The van der Waals surface area contributed by atoms with E-state index in [1.54, 1.807) is 0 Å². The van der Waals surface area contributed by atoms with Gasteiger partial charge in [0, 0.05) is 11.1 Å². The van der Waals surface area contributed by atoms with Gasteiger partial charge in [-0.2, -0.15) is 8.78 Å². The molecule has 0 heterocycles. The minimum atomic E-state index is -2.52. The van der Waals surface area contributed by atoms with Crippen LogP contribution in [0.3, 0.4) is 0 Å². The summed E-state index contributed by atoms with van der Waals surface area (Å²) in [5.41, 5.74) is -2.59. The Morgan fingerprint density at radius 2 is 1.10 bits per heavy atom. The average molecular weight is 621 g/mol. The molecular formula is C24H11Cl2F5N2O8. The highest BCUT2D eigenvalue weighted by Gasteiger charge is 2.39. The van der Waals surface area contributed by atoms with Crippen LogP contribution in [-0.4, -0.2) is 15.3 Å². The molecule has 214 valence electrons. The molecule has 41 heavy (non-hydrogen) atoms. The number of ether oxygens (including phenoxy) is 3. The number of hydrogen-bond donors (Lipinski definition) is 0. The van der Waals surface area contributed by atoms with Gasteiger partial charge in [0.1, 0.15) is 11.5 Å². The number of nitro benzene ring substituents is 2. The number of para-hydroxylation sites is 1. The van der Waals surface area contributed by atoms with Crippen LogP contribution in [0.2, 0.25) is 10.0 Å². The number of nitro groups is 2. The minimum Gasteiger partial charge on any atom is -0.448 e. The summed E-state index contributed by atoms with van der Waals surface area (Å²) in [5.74, 6) is -18.0. The van der Waals surface area contributed by atoms with Gasteiger partial charge in [0.15, 0.2) is 0 Å². The van der Waals surface area contributed by atoms with E-state index < -0.39 is 73.3 Å². The summed E-state index contributed by atoms with van der Waals surface area (Å²) in [6, 6.07) is 10.8. The van der Waals surface area contributed by atoms with E-state index in [0.717, 1.165) is 0 Å². The third kappa shape index (κ3) is 6.06. The third-order valence-corrected chi connectivity index (χ3v) is 5.56. The lowest BCUT2D eigenvalue weighted by atomic mass is 10.2. The Balaban J connectivity index is 0.00000462. The molecule has 0 unspecified atom stereocenters. The molecule has 17 heteroatoms. The normalized spacial score (nSPS) is 10.5. The highest BCUT2D eigenvalue weighted by Crippen LogP contribution is 2.53. The molecule has 0 aliphatic carbocycles. The maximum Gasteiger partial charge on any atom is 0.361 e. The third-order valence-electron chi connectivity index (χ3n) is 5.00. The van der Waals surface area contributed by atoms with Gasteiger partial charge in [0.05, 0.1) is 14.9 Å². The number of hydrogen-bond acceptors (Lipinski definition) is 7. The highest BCUT2D eigenvalue weighted by atomic mass is 35.5. The number of nitrogens with zero attached hydrogens (tertiary/aromatic N) is 2. The van der Waals surface area contributed by atoms with Crippen molar-refractivity contribution in [3.05, 3.63) is 114 Å². The minimum absolute atomic E-state index is 0. The molecule has 0 radical (unpaired) electrons. The van der Waals surface area contributed by atoms with E-state index in [1.165, 1.54) is 48.5 Å². The summed E-state index contributed by atoms with van der Waals surface area (Å²) in [4.78, 5) is 21.8. The Hall–Kier alpha value is -4.73. The van der Waals surface area contributed by atoms with Gasteiger partial charge in [-0.25, -0.2) is 13.2 Å². The molecule has 0 aliphatic heterocycles. The second-order valence-corrected chi connectivity index (χ2v) is 8.35. The van der Waals surface area contributed by atoms with E-state index >= 15 is 0 Å². The van der Waals surface area contributed by atoms with E-state index in [1.807, 2.05) is 0 Å². The van der Waals surface area contributed by atoms with E-state index in [0.29, 0.717) is 6.07 Å². The largest absolute Gasteiger partial charge is 0.448 e. The standard InChI is InChI=1S/C24H9Cl2F5N2O7.H2O/c25-10-5-7-11(8-6-10)38-24-21(32(34)35)14(39-13-4-2-1-3-12(13)26)9-15(22(24)33(36)37)40-23-19(30)17(28)16(27)18(29)20(23)31;/h1-9H;1H2. The molecule has 0 saturated heterocycles. The Bertz CT molecular complexity index is 1650. The Labute approximate surface area is 234 Å². The van der Waals surface area contributed by atoms with Crippen LogP contribution in [0.4, 0.5) is 33.3 Å². The maximum absolute atomic E-state index is 14.4. The van der Waals surface area contributed by atoms with Crippen LogP contribution in [-0.2, 0) is 0 Å². The zero-order chi connectivity index (χ0) is 29.3. The molecule has 4 rings (SSSR count). The van der Waals surface area contributed by atoms with Gasteiger partial charge in [-0.15, -0.1) is 0 Å². The first-order valence-corrected chi connectivity index (χ1v) is 11.2. The second-order valence-electron chi connectivity index (χ2n) is 7.50. The van der Waals surface area contributed by atoms with Gasteiger partial charge in [-0.3, -0.25) is 20.2 Å². The molecule has 0 fully saturated rings. The topological polar surface area (TPSA) is 145 Å². The predicted octanol–water partition coefficient (Wildman–Crippen LogP) is 8.06. The molecule has 0 spiro atoms. The van der Waals surface area contributed by atoms with Crippen molar-refractivity contribution in [3.8, 4) is 34.5 Å². The van der Waals surface area contributed by atoms with Crippen LogP contribution in [0.15, 0.2) is 54.6 Å². The lowest BCUT2D eigenvalue weighted by Gasteiger charge is -2.15. The summed E-state index contributed by atoms with van der Waals surface area (Å²) >= 11 is 11.8. The molecule has 0 saturated carbocycles. The molecular weight excluding hydrogens is 610 g/mol. The monoisotopic (exact) mass is 620 g/mol. The van der Waals surface area contributed by atoms with Crippen LogP contribution in [0.25, 0.3) is 0 Å². The summed E-state index contributed by atoms with van der Waals surface area (Å²) in [7, 11) is 0. The fourth-order valence-corrected chi connectivity index (χ4v) is 3.54. The number of rotatable bonds is 8. The molecule has 0 bridgehead atoms. The molecule has 0 aliphatic rings. The Kier molecular flexibility index (Phi) is 9.17. The fraction of sp³-hybridized carbons (Fsp3) is 0. The SMILES string of the molecule is O.O=[N+]([O-])c1c(Oc2ccccc2Cl)cc(Oc2c(F)c(F)c(F)c(F)c2F)c([N+](=O)[O-])c1Oc1ccc(Cl)cc1. The summed E-state index contributed by atoms with van der Waals surface area (Å²) in [6.45, 7) is 0. The Morgan fingerprint density at radius 3 is 1.61 bits per heavy atom. The van der Waals surface area contributed by atoms with E-state index in [9.17, 15) is 42.2 Å². The van der Waals surface area contributed by atoms with E-state index in [2.05, 4.69) is 0 Å². The van der Waals surface area contributed by atoms with Gasteiger partial charge in [-0.1, -0.05) is 35.3 Å². The van der Waals surface area contributed by atoms with Crippen molar-refractivity contribution in [2.75, 3.05) is 0 Å². The Morgan fingerprint density at radius 1 is 0.610 bits per heavy atom. The van der Waals surface area contributed by atoms with Crippen LogP contribution in [0.5, 0.6) is 34.5 Å². The van der Waals surface area contributed by atoms with Gasteiger partial charge >= 0.3 is 11.4 Å². The van der Waals surface area contributed by atoms with Crippen molar-refractivity contribution in [1.82, 2.24) is 0 Å². The molecule has 0 atom stereocenters. The molecule has 10 nitrogen and oxygen atoms in total. The molecule has 0 aromatic heterocycles. The first-order valence-electron chi connectivity index (χ1n) is 10.5. The average Bonchev–Trinajstić information content (AvgIpc) is 2.91. The summed E-state index contributed by atoms with van der Waals surface area (Å²) in [6.07, 6.45) is 0. The van der Waals surface area contributed by atoms with Crippen LogP contribution >= 0.6 is 23.2 Å². The zero-order valence-electron chi connectivity index (χ0n) is 19.6.